The first-order valence-electron chi connectivity index (χ1n) is 7.08. The van der Waals surface area contributed by atoms with Gasteiger partial charge >= 0.3 is 0 Å². The van der Waals surface area contributed by atoms with Crippen LogP contribution in [0.3, 0.4) is 0 Å². The van der Waals surface area contributed by atoms with Crippen LogP contribution in [0.15, 0.2) is 22.7 Å². The molecule has 0 radical (unpaired) electrons. The minimum atomic E-state index is 0.228. The highest BCUT2D eigenvalue weighted by molar-refractivity contribution is 9.10. The summed E-state index contributed by atoms with van der Waals surface area (Å²) in [7, 11) is 4.31. The summed E-state index contributed by atoms with van der Waals surface area (Å²) in [6, 6.07) is 6.78. The van der Waals surface area contributed by atoms with E-state index in [0.717, 1.165) is 22.6 Å². The summed E-state index contributed by atoms with van der Waals surface area (Å²) in [5.41, 5.74) is 7.25. The molecule has 3 nitrogen and oxygen atoms in total. The Kier molecular flexibility index (Phi) is 5.87. The zero-order valence-corrected chi connectivity index (χ0v) is 14.5. The lowest BCUT2D eigenvalue weighted by molar-refractivity contribution is 0.0981. The highest BCUT2D eigenvalue weighted by atomic mass is 79.9. The van der Waals surface area contributed by atoms with Crippen LogP contribution < -0.4 is 5.73 Å². The van der Waals surface area contributed by atoms with Crippen molar-refractivity contribution in [2.45, 2.75) is 24.9 Å². The van der Waals surface area contributed by atoms with Crippen molar-refractivity contribution < 1.29 is 0 Å². The van der Waals surface area contributed by atoms with Crippen molar-refractivity contribution in [1.82, 2.24) is 9.80 Å². The van der Waals surface area contributed by atoms with E-state index in [1.807, 2.05) is 18.2 Å². The van der Waals surface area contributed by atoms with E-state index >= 15 is 0 Å². The Morgan fingerprint density at radius 3 is 2.90 bits per heavy atom. The highest BCUT2D eigenvalue weighted by Gasteiger charge is 2.28. The van der Waals surface area contributed by atoms with Gasteiger partial charge in [-0.05, 0) is 57.2 Å². The van der Waals surface area contributed by atoms with E-state index in [0.29, 0.717) is 12.6 Å². The minimum absolute atomic E-state index is 0.228. The zero-order chi connectivity index (χ0) is 14.7. The third-order valence-corrected chi connectivity index (χ3v) is 5.10. The lowest BCUT2D eigenvalue weighted by atomic mass is 9.99. The summed E-state index contributed by atoms with van der Waals surface area (Å²) < 4.78 is 1.09. The fourth-order valence-electron chi connectivity index (χ4n) is 2.93. The number of likely N-dealkylation sites (tertiary alicyclic amines) is 1. The third kappa shape index (κ3) is 3.74. The second kappa shape index (κ2) is 7.23. The second-order valence-electron chi connectivity index (χ2n) is 5.67. The summed E-state index contributed by atoms with van der Waals surface area (Å²) in [5, 5.41) is 0.766. The van der Waals surface area contributed by atoms with Gasteiger partial charge in [-0.15, -0.1) is 0 Å². The number of piperidine rings is 1. The van der Waals surface area contributed by atoms with Gasteiger partial charge in [-0.2, -0.15) is 0 Å². The van der Waals surface area contributed by atoms with Crippen molar-refractivity contribution in [3.8, 4) is 0 Å². The lowest BCUT2D eigenvalue weighted by Crippen LogP contribution is -2.47. The molecule has 2 unspecified atom stereocenters. The largest absolute Gasteiger partial charge is 0.329 e. The van der Waals surface area contributed by atoms with Crippen molar-refractivity contribution in [2.75, 3.05) is 33.7 Å². The number of halogens is 2. The highest BCUT2D eigenvalue weighted by Crippen LogP contribution is 2.32. The van der Waals surface area contributed by atoms with Crippen LogP contribution in [0.2, 0.25) is 5.02 Å². The molecule has 0 saturated carbocycles. The summed E-state index contributed by atoms with van der Waals surface area (Å²) in [4.78, 5) is 4.80. The summed E-state index contributed by atoms with van der Waals surface area (Å²) in [6.45, 7) is 2.78. The quantitative estimate of drug-likeness (QED) is 0.895. The molecule has 1 aliphatic heterocycles. The Morgan fingerprint density at radius 2 is 2.25 bits per heavy atom. The van der Waals surface area contributed by atoms with Crippen molar-refractivity contribution >= 4 is 27.5 Å². The Labute approximate surface area is 135 Å². The number of likely N-dealkylation sites (N-methyl/N-ethyl adjacent to an activating group) is 1. The third-order valence-electron chi connectivity index (χ3n) is 4.14. The van der Waals surface area contributed by atoms with Crippen LogP contribution in [0.5, 0.6) is 0 Å². The van der Waals surface area contributed by atoms with Crippen LogP contribution >= 0.6 is 27.5 Å². The van der Waals surface area contributed by atoms with Crippen molar-refractivity contribution in [1.29, 1.82) is 0 Å². The molecule has 1 fully saturated rings. The van der Waals surface area contributed by atoms with Gasteiger partial charge in [0.2, 0.25) is 0 Å². The van der Waals surface area contributed by atoms with Crippen LogP contribution in [0, 0.1) is 0 Å². The predicted octanol–water partition coefficient (Wildman–Crippen LogP) is 3.13. The molecule has 0 aromatic heterocycles. The number of nitrogens with zero attached hydrogens (tertiary/aromatic N) is 2. The summed E-state index contributed by atoms with van der Waals surface area (Å²) in [6.07, 6.45) is 2.48. The van der Waals surface area contributed by atoms with E-state index in [1.54, 1.807) is 0 Å². The SMILES string of the molecule is CN(C)C1CCCN(C(CN)c2cc(Cl)ccc2Br)C1. The first kappa shape index (κ1) is 16.2. The van der Waals surface area contributed by atoms with E-state index in [-0.39, 0.29) is 6.04 Å². The van der Waals surface area contributed by atoms with E-state index < -0.39 is 0 Å². The molecule has 0 aliphatic carbocycles. The maximum absolute atomic E-state index is 6.15. The van der Waals surface area contributed by atoms with Gasteiger partial charge in [-0.25, -0.2) is 0 Å². The first-order chi connectivity index (χ1) is 9.52. The summed E-state index contributed by atoms with van der Waals surface area (Å²) >= 11 is 9.78. The van der Waals surface area contributed by atoms with E-state index in [9.17, 15) is 0 Å². The molecule has 0 amide bonds. The molecule has 1 aromatic carbocycles. The van der Waals surface area contributed by atoms with Crippen LogP contribution in [0.25, 0.3) is 0 Å². The monoisotopic (exact) mass is 359 g/mol. The smallest absolute Gasteiger partial charge is 0.0482 e. The molecule has 0 bridgehead atoms. The number of hydrogen-bond donors (Lipinski definition) is 1. The molecular weight excluding hydrogens is 338 g/mol. The minimum Gasteiger partial charge on any atom is -0.329 e. The second-order valence-corrected chi connectivity index (χ2v) is 6.96. The van der Waals surface area contributed by atoms with E-state index in [1.165, 1.54) is 18.4 Å². The fourth-order valence-corrected chi connectivity index (χ4v) is 3.62. The lowest BCUT2D eigenvalue weighted by Gasteiger charge is -2.40. The molecule has 1 saturated heterocycles. The van der Waals surface area contributed by atoms with Crippen molar-refractivity contribution in [3.05, 3.63) is 33.3 Å². The fraction of sp³-hybridized carbons (Fsp3) is 0.600. The van der Waals surface area contributed by atoms with Gasteiger partial charge in [0.05, 0.1) is 0 Å². The normalized spacial score (nSPS) is 22.2. The molecule has 1 heterocycles. The molecule has 2 N–H and O–H groups in total. The van der Waals surface area contributed by atoms with E-state index in [2.05, 4.69) is 39.8 Å². The van der Waals surface area contributed by atoms with Gasteiger partial charge in [-0.3, -0.25) is 4.90 Å². The van der Waals surface area contributed by atoms with Gasteiger partial charge in [0.15, 0.2) is 0 Å². The van der Waals surface area contributed by atoms with E-state index in [4.69, 9.17) is 17.3 Å². The van der Waals surface area contributed by atoms with Crippen LogP contribution in [0.1, 0.15) is 24.4 Å². The van der Waals surface area contributed by atoms with Gasteiger partial charge < -0.3 is 10.6 Å². The topological polar surface area (TPSA) is 32.5 Å². The Bertz CT molecular complexity index is 453. The number of hydrogen-bond acceptors (Lipinski definition) is 3. The molecule has 112 valence electrons. The Morgan fingerprint density at radius 1 is 1.50 bits per heavy atom. The molecule has 1 aliphatic rings. The number of nitrogens with two attached hydrogens (primary N) is 1. The maximum Gasteiger partial charge on any atom is 0.0482 e. The number of benzene rings is 1. The molecule has 5 heteroatoms. The summed E-state index contributed by atoms with van der Waals surface area (Å²) in [5.74, 6) is 0. The van der Waals surface area contributed by atoms with Gasteiger partial charge in [-0.1, -0.05) is 27.5 Å². The van der Waals surface area contributed by atoms with Gasteiger partial charge in [0.1, 0.15) is 0 Å². The average Bonchev–Trinajstić information content (AvgIpc) is 2.44. The van der Waals surface area contributed by atoms with Gasteiger partial charge in [0.25, 0.3) is 0 Å². The molecule has 1 aromatic rings. The molecule has 2 rings (SSSR count). The average molecular weight is 361 g/mol. The molecule has 0 spiro atoms. The van der Waals surface area contributed by atoms with Crippen molar-refractivity contribution in [2.24, 2.45) is 5.73 Å². The Hall–Kier alpha value is -0.130. The predicted molar refractivity (Wildman–Crippen MR) is 89.2 cm³/mol. The molecule has 20 heavy (non-hydrogen) atoms. The van der Waals surface area contributed by atoms with Gasteiger partial charge in [0, 0.05) is 34.7 Å². The zero-order valence-electron chi connectivity index (χ0n) is 12.1. The maximum atomic E-state index is 6.15. The number of rotatable bonds is 4. The first-order valence-corrected chi connectivity index (χ1v) is 8.25. The van der Waals surface area contributed by atoms with Crippen LogP contribution in [-0.4, -0.2) is 49.6 Å². The molecule has 2 atom stereocenters. The standard InChI is InChI=1S/C15H23BrClN3/c1-19(2)12-4-3-7-20(10-12)15(9-18)13-8-11(17)5-6-14(13)16/h5-6,8,12,15H,3-4,7,9-10,18H2,1-2H3. The van der Waals surface area contributed by atoms with Crippen LogP contribution in [0.4, 0.5) is 0 Å². The Balaban J connectivity index is 2.21. The van der Waals surface area contributed by atoms with Crippen molar-refractivity contribution in [3.63, 3.8) is 0 Å². The van der Waals surface area contributed by atoms with Crippen LogP contribution in [-0.2, 0) is 0 Å². The molecular formula is C15H23BrClN3.